The van der Waals surface area contributed by atoms with Crippen molar-refractivity contribution in [1.82, 2.24) is 0 Å². The molecule has 21 heavy (non-hydrogen) atoms. The maximum atomic E-state index is 11.7. The van der Waals surface area contributed by atoms with Gasteiger partial charge in [-0.1, -0.05) is 30.7 Å². The molecule has 108 valence electrons. The Morgan fingerprint density at radius 2 is 2.05 bits per heavy atom. The number of carbonyl (C=O) groups is 1. The van der Waals surface area contributed by atoms with Crippen molar-refractivity contribution in [3.8, 4) is 11.5 Å². The molecule has 2 aromatic rings. The summed E-state index contributed by atoms with van der Waals surface area (Å²) in [6.45, 7) is 1.76. The number of ketones is 1. The highest BCUT2D eigenvalue weighted by atomic mass is 35.5. The molecule has 0 aliphatic rings. The summed E-state index contributed by atoms with van der Waals surface area (Å²) in [5, 5.41) is 11.3. The minimum atomic E-state index is -0.549. The van der Waals surface area contributed by atoms with Gasteiger partial charge in [-0.05, 0) is 18.2 Å². The molecular formula is C15H12ClNO4. The summed E-state index contributed by atoms with van der Waals surface area (Å²) in [5.41, 5.74) is 0.311. The Bertz CT molecular complexity index is 700. The van der Waals surface area contributed by atoms with Gasteiger partial charge in [0.25, 0.3) is 0 Å². The minimum absolute atomic E-state index is 0.0268. The molecule has 0 saturated heterocycles. The van der Waals surface area contributed by atoms with Crippen LogP contribution in [0.25, 0.3) is 0 Å². The van der Waals surface area contributed by atoms with E-state index in [1.165, 1.54) is 18.2 Å². The lowest BCUT2D eigenvalue weighted by Gasteiger charge is -2.08. The van der Waals surface area contributed by atoms with Gasteiger partial charge in [0.15, 0.2) is 5.78 Å². The van der Waals surface area contributed by atoms with Gasteiger partial charge in [-0.2, -0.15) is 0 Å². The number of rotatable bonds is 5. The van der Waals surface area contributed by atoms with Crippen molar-refractivity contribution in [2.45, 2.75) is 13.3 Å². The second-order valence-corrected chi connectivity index (χ2v) is 4.71. The van der Waals surface area contributed by atoms with E-state index in [0.717, 1.165) is 0 Å². The van der Waals surface area contributed by atoms with Gasteiger partial charge >= 0.3 is 5.69 Å². The number of nitro benzene ring substituents is 1. The van der Waals surface area contributed by atoms with E-state index >= 15 is 0 Å². The Morgan fingerprint density at radius 1 is 1.29 bits per heavy atom. The van der Waals surface area contributed by atoms with Crippen LogP contribution in [0.5, 0.6) is 11.5 Å². The summed E-state index contributed by atoms with van der Waals surface area (Å²) < 4.78 is 5.51. The highest BCUT2D eigenvalue weighted by Gasteiger charge is 2.16. The predicted molar refractivity (Wildman–Crippen MR) is 79.2 cm³/mol. The molecule has 0 saturated carbocycles. The molecule has 2 rings (SSSR count). The van der Waals surface area contributed by atoms with Crippen molar-refractivity contribution in [1.29, 1.82) is 0 Å². The van der Waals surface area contributed by atoms with Crippen LogP contribution in [0.4, 0.5) is 5.69 Å². The number of benzene rings is 2. The monoisotopic (exact) mass is 305 g/mol. The van der Waals surface area contributed by atoms with E-state index in [0.29, 0.717) is 22.8 Å². The molecule has 0 fully saturated rings. The molecule has 6 heteroatoms. The molecule has 0 aliphatic carbocycles. The van der Waals surface area contributed by atoms with E-state index in [2.05, 4.69) is 0 Å². The number of ether oxygens (including phenoxy) is 1. The SMILES string of the molecule is CCC(=O)c1cccc(Oc2cc(Cl)ccc2[N+](=O)[O-])c1. The summed E-state index contributed by atoms with van der Waals surface area (Å²) in [7, 11) is 0. The summed E-state index contributed by atoms with van der Waals surface area (Å²) >= 11 is 5.84. The molecule has 5 nitrogen and oxygen atoms in total. The first-order valence-electron chi connectivity index (χ1n) is 6.26. The van der Waals surface area contributed by atoms with Crippen molar-refractivity contribution >= 4 is 23.1 Å². The molecule has 0 amide bonds. The second kappa shape index (κ2) is 6.37. The molecule has 0 bridgehead atoms. The molecule has 0 radical (unpaired) electrons. The fourth-order valence-electron chi connectivity index (χ4n) is 1.78. The maximum absolute atomic E-state index is 11.7. The Morgan fingerprint density at radius 3 is 2.71 bits per heavy atom. The number of halogens is 1. The molecule has 0 atom stereocenters. The topological polar surface area (TPSA) is 69.4 Å². The van der Waals surface area contributed by atoms with Crippen LogP contribution in [-0.2, 0) is 0 Å². The van der Waals surface area contributed by atoms with Gasteiger partial charge in [-0.3, -0.25) is 14.9 Å². The van der Waals surface area contributed by atoms with E-state index in [9.17, 15) is 14.9 Å². The van der Waals surface area contributed by atoms with Gasteiger partial charge < -0.3 is 4.74 Å². The molecule has 0 N–H and O–H groups in total. The highest BCUT2D eigenvalue weighted by molar-refractivity contribution is 6.30. The van der Waals surface area contributed by atoms with Gasteiger partial charge in [0.1, 0.15) is 5.75 Å². The quantitative estimate of drug-likeness (QED) is 0.458. The molecule has 2 aromatic carbocycles. The van der Waals surface area contributed by atoms with Crippen LogP contribution in [-0.4, -0.2) is 10.7 Å². The van der Waals surface area contributed by atoms with Gasteiger partial charge in [-0.15, -0.1) is 0 Å². The molecular weight excluding hydrogens is 294 g/mol. The zero-order chi connectivity index (χ0) is 15.4. The van der Waals surface area contributed by atoms with E-state index in [-0.39, 0.29) is 17.2 Å². The van der Waals surface area contributed by atoms with Gasteiger partial charge in [0.2, 0.25) is 5.75 Å². The van der Waals surface area contributed by atoms with Gasteiger partial charge in [-0.25, -0.2) is 0 Å². The van der Waals surface area contributed by atoms with Crippen LogP contribution < -0.4 is 4.74 Å². The molecule has 0 aromatic heterocycles. The first-order valence-corrected chi connectivity index (χ1v) is 6.64. The van der Waals surface area contributed by atoms with E-state index < -0.39 is 4.92 Å². The standard InChI is InChI=1S/C15H12ClNO4/c1-2-14(18)10-4-3-5-12(8-10)21-15-9-11(16)6-7-13(15)17(19)20/h3-9H,2H2,1H3. The Hall–Kier alpha value is -2.40. The number of hydrogen-bond acceptors (Lipinski definition) is 4. The maximum Gasteiger partial charge on any atom is 0.311 e. The number of carbonyl (C=O) groups excluding carboxylic acids is 1. The third-order valence-electron chi connectivity index (χ3n) is 2.82. The summed E-state index contributed by atoms with van der Waals surface area (Å²) in [5.74, 6) is 0.356. The Balaban J connectivity index is 2.36. The van der Waals surface area contributed by atoms with Crippen LogP contribution in [0.15, 0.2) is 42.5 Å². The van der Waals surface area contributed by atoms with E-state index in [4.69, 9.17) is 16.3 Å². The average Bonchev–Trinajstić information content (AvgIpc) is 2.46. The number of nitrogens with zero attached hydrogens (tertiary/aromatic N) is 1. The minimum Gasteiger partial charge on any atom is -0.450 e. The van der Waals surface area contributed by atoms with Crippen molar-refractivity contribution in [2.24, 2.45) is 0 Å². The smallest absolute Gasteiger partial charge is 0.311 e. The summed E-state index contributed by atoms with van der Waals surface area (Å²) in [6.07, 6.45) is 0.376. The zero-order valence-electron chi connectivity index (χ0n) is 11.2. The molecule has 0 spiro atoms. The number of hydrogen-bond donors (Lipinski definition) is 0. The normalized spacial score (nSPS) is 10.2. The summed E-state index contributed by atoms with van der Waals surface area (Å²) in [6, 6.07) is 10.6. The van der Waals surface area contributed by atoms with Crippen LogP contribution in [0.3, 0.4) is 0 Å². The number of nitro groups is 1. The van der Waals surface area contributed by atoms with E-state index in [1.54, 1.807) is 31.2 Å². The summed E-state index contributed by atoms with van der Waals surface area (Å²) in [4.78, 5) is 22.1. The van der Waals surface area contributed by atoms with Crippen LogP contribution >= 0.6 is 11.6 Å². The first kappa shape index (κ1) is 15.0. The van der Waals surface area contributed by atoms with Crippen molar-refractivity contribution in [3.63, 3.8) is 0 Å². The predicted octanol–water partition coefficient (Wildman–Crippen LogP) is 4.63. The van der Waals surface area contributed by atoms with Crippen LogP contribution in [0, 0.1) is 10.1 Å². The zero-order valence-corrected chi connectivity index (χ0v) is 12.0. The number of Topliss-reactive ketones (excluding diaryl/α,β-unsaturated/α-hetero) is 1. The Labute approximate surface area is 126 Å². The first-order chi connectivity index (χ1) is 10.0. The average molecular weight is 306 g/mol. The molecule has 0 aliphatic heterocycles. The molecule has 0 unspecified atom stereocenters. The van der Waals surface area contributed by atoms with Crippen molar-refractivity contribution in [3.05, 3.63) is 63.2 Å². The lowest BCUT2D eigenvalue weighted by atomic mass is 10.1. The molecule has 0 heterocycles. The van der Waals surface area contributed by atoms with Crippen LogP contribution in [0.2, 0.25) is 5.02 Å². The highest BCUT2D eigenvalue weighted by Crippen LogP contribution is 2.33. The Kier molecular flexibility index (Phi) is 4.55. The fourth-order valence-corrected chi connectivity index (χ4v) is 1.95. The van der Waals surface area contributed by atoms with Crippen molar-refractivity contribution in [2.75, 3.05) is 0 Å². The van der Waals surface area contributed by atoms with E-state index in [1.807, 2.05) is 0 Å². The van der Waals surface area contributed by atoms with Crippen LogP contribution in [0.1, 0.15) is 23.7 Å². The second-order valence-electron chi connectivity index (χ2n) is 4.28. The third kappa shape index (κ3) is 3.58. The fraction of sp³-hybridized carbons (Fsp3) is 0.133. The van der Waals surface area contributed by atoms with Gasteiger partial charge in [0.05, 0.1) is 4.92 Å². The third-order valence-corrected chi connectivity index (χ3v) is 3.06. The van der Waals surface area contributed by atoms with Crippen molar-refractivity contribution < 1.29 is 14.5 Å². The lowest BCUT2D eigenvalue weighted by Crippen LogP contribution is -1.97. The van der Waals surface area contributed by atoms with Gasteiger partial charge in [0, 0.05) is 29.1 Å². The largest absolute Gasteiger partial charge is 0.450 e. The lowest BCUT2D eigenvalue weighted by molar-refractivity contribution is -0.385.